The molecule has 0 spiro atoms. The number of nitrogens with zero attached hydrogens (tertiary/aromatic N) is 1. The van der Waals surface area contributed by atoms with Crippen molar-refractivity contribution in [2.75, 3.05) is 32.1 Å². The summed E-state index contributed by atoms with van der Waals surface area (Å²) in [5.74, 6) is -1.57. The third-order valence-electron chi connectivity index (χ3n) is 3.50. The molecule has 0 radical (unpaired) electrons. The molecule has 1 aromatic carbocycles. The van der Waals surface area contributed by atoms with Gasteiger partial charge in [-0.1, -0.05) is 0 Å². The van der Waals surface area contributed by atoms with Crippen LogP contribution in [0.5, 0.6) is 0 Å². The van der Waals surface area contributed by atoms with Gasteiger partial charge in [0.25, 0.3) is 0 Å². The molecular formula is C15H18FN3O4. The monoisotopic (exact) mass is 323 g/mol. The van der Waals surface area contributed by atoms with Gasteiger partial charge < -0.3 is 15.4 Å². The van der Waals surface area contributed by atoms with E-state index in [4.69, 9.17) is 0 Å². The number of carbonyl (C=O) groups is 3. The van der Waals surface area contributed by atoms with Crippen LogP contribution >= 0.6 is 0 Å². The Hall–Kier alpha value is -2.48. The lowest BCUT2D eigenvalue weighted by Crippen LogP contribution is -2.57. The van der Waals surface area contributed by atoms with E-state index < -0.39 is 17.8 Å². The second kappa shape index (κ2) is 7.68. The molecule has 1 aromatic rings. The molecule has 1 fully saturated rings. The van der Waals surface area contributed by atoms with Gasteiger partial charge in [0, 0.05) is 18.8 Å². The highest BCUT2D eigenvalue weighted by atomic mass is 19.1. The fourth-order valence-corrected chi connectivity index (χ4v) is 2.33. The van der Waals surface area contributed by atoms with Crippen molar-refractivity contribution in [1.29, 1.82) is 0 Å². The summed E-state index contributed by atoms with van der Waals surface area (Å²) in [6.45, 7) is 0.803. The Labute approximate surface area is 132 Å². The number of amides is 2. The Morgan fingerprint density at radius 2 is 2.09 bits per heavy atom. The van der Waals surface area contributed by atoms with E-state index in [0.717, 1.165) is 0 Å². The first-order valence-electron chi connectivity index (χ1n) is 7.13. The van der Waals surface area contributed by atoms with E-state index in [1.807, 2.05) is 0 Å². The maximum Gasteiger partial charge on any atom is 0.307 e. The summed E-state index contributed by atoms with van der Waals surface area (Å²) in [5, 5.41) is 5.28. The number of rotatable bonds is 5. The molecule has 0 aromatic heterocycles. The number of piperazine rings is 1. The Balaban J connectivity index is 1.97. The lowest BCUT2D eigenvalue weighted by Gasteiger charge is -2.33. The Kier molecular flexibility index (Phi) is 5.64. The van der Waals surface area contributed by atoms with Gasteiger partial charge in [-0.25, -0.2) is 4.39 Å². The number of esters is 1. The quantitative estimate of drug-likeness (QED) is 0.752. The molecule has 1 heterocycles. The molecule has 1 atom stereocenters. The number of ether oxygens (including phenoxy) is 1. The second-order valence-electron chi connectivity index (χ2n) is 5.11. The van der Waals surface area contributed by atoms with Crippen molar-refractivity contribution in [3.05, 3.63) is 30.1 Å². The van der Waals surface area contributed by atoms with Crippen LogP contribution in [0.2, 0.25) is 0 Å². The standard InChI is InChI=1S/C15H18FN3O4/c1-23-14(21)8-12-15(22)17-6-7-19(12)9-13(20)18-11-4-2-10(16)3-5-11/h2-5,12H,6-9H2,1H3,(H,17,22)(H,18,20)/t12-/m1/s1. The van der Waals surface area contributed by atoms with Gasteiger partial charge in [-0.05, 0) is 24.3 Å². The highest BCUT2D eigenvalue weighted by molar-refractivity contribution is 5.93. The van der Waals surface area contributed by atoms with E-state index in [2.05, 4.69) is 15.4 Å². The first-order valence-corrected chi connectivity index (χ1v) is 7.13. The predicted molar refractivity (Wildman–Crippen MR) is 80.0 cm³/mol. The van der Waals surface area contributed by atoms with Crippen LogP contribution in [-0.4, -0.2) is 55.5 Å². The third kappa shape index (κ3) is 4.75. The van der Waals surface area contributed by atoms with E-state index in [0.29, 0.717) is 18.8 Å². The summed E-state index contributed by atoms with van der Waals surface area (Å²) in [6, 6.07) is 4.63. The lowest BCUT2D eigenvalue weighted by molar-refractivity contribution is -0.146. The van der Waals surface area contributed by atoms with E-state index in [9.17, 15) is 18.8 Å². The molecule has 0 aliphatic carbocycles. The molecule has 2 rings (SSSR count). The van der Waals surface area contributed by atoms with Crippen molar-refractivity contribution in [2.24, 2.45) is 0 Å². The molecular weight excluding hydrogens is 305 g/mol. The van der Waals surface area contributed by atoms with Crippen LogP contribution < -0.4 is 10.6 Å². The maximum atomic E-state index is 12.8. The zero-order chi connectivity index (χ0) is 16.8. The maximum absolute atomic E-state index is 12.8. The van der Waals surface area contributed by atoms with E-state index in [1.54, 1.807) is 4.90 Å². The Morgan fingerprint density at radius 1 is 1.39 bits per heavy atom. The minimum absolute atomic E-state index is 0.0491. The average Bonchev–Trinajstić information content (AvgIpc) is 2.52. The first kappa shape index (κ1) is 16.9. The molecule has 124 valence electrons. The van der Waals surface area contributed by atoms with Crippen molar-refractivity contribution in [1.82, 2.24) is 10.2 Å². The minimum atomic E-state index is -0.741. The predicted octanol–water partition coefficient (Wildman–Crippen LogP) is 0.128. The summed E-state index contributed by atoms with van der Waals surface area (Å²) >= 11 is 0. The van der Waals surface area contributed by atoms with Crippen LogP contribution in [0.15, 0.2) is 24.3 Å². The molecule has 1 aliphatic rings. The van der Waals surface area contributed by atoms with Gasteiger partial charge in [-0.15, -0.1) is 0 Å². The van der Waals surface area contributed by atoms with Gasteiger partial charge in [-0.2, -0.15) is 0 Å². The molecule has 8 heteroatoms. The van der Waals surface area contributed by atoms with Crippen molar-refractivity contribution < 1.29 is 23.5 Å². The highest BCUT2D eigenvalue weighted by Gasteiger charge is 2.32. The van der Waals surface area contributed by atoms with Gasteiger partial charge in [0.05, 0.1) is 20.1 Å². The Morgan fingerprint density at radius 3 is 2.74 bits per heavy atom. The summed E-state index contributed by atoms with van der Waals surface area (Å²) in [5.41, 5.74) is 0.461. The fourth-order valence-electron chi connectivity index (χ4n) is 2.33. The van der Waals surface area contributed by atoms with Gasteiger partial charge >= 0.3 is 5.97 Å². The number of hydrogen-bond donors (Lipinski definition) is 2. The van der Waals surface area contributed by atoms with Gasteiger partial charge in [0.15, 0.2) is 0 Å². The second-order valence-corrected chi connectivity index (χ2v) is 5.11. The number of methoxy groups -OCH3 is 1. The third-order valence-corrected chi connectivity index (χ3v) is 3.50. The zero-order valence-corrected chi connectivity index (χ0v) is 12.7. The number of hydrogen-bond acceptors (Lipinski definition) is 5. The van der Waals surface area contributed by atoms with Crippen LogP contribution in [0, 0.1) is 5.82 Å². The topological polar surface area (TPSA) is 87.7 Å². The SMILES string of the molecule is COC(=O)C[C@@H]1C(=O)NCCN1CC(=O)Nc1ccc(F)cc1. The van der Waals surface area contributed by atoms with Gasteiger partial charge in [-0.3, -0.25) is 19.3 Å². The zero-order valence-electron chi connectivity index (χ0n) is 12.7. The lowest BCUT2D eigenvalue weighted by atomic mass is 10.1. The number of anilines is 1. The van der Waals surface area contributed by atoms with Gasteiger partial charge in [0.1, 0.15) is 11.9 Å². The first-order chi connectivity index (χ1) is 11.0. The summed E-state index contributed by atoms with van der Waals surface area (Å²) in [6.07, 6.45) is -0.119. The van der Waals surface area contributed by atoms with Crippen molar-refractivity contribution in [3.63, 3.8) is 0 Å². The summed E-state index contributed by atoms with van der Waals surface area (Å²) in [7, 11) is 1.24. The van der Waals surface area contributed by atoms with E-state index >= 15 is 0 Å². The molecule has 0 bridgehead atoms. The fraction of sp³-hybridized carbons (Fsp3) is 0.400. The molecule has 23 heavy (non-hydrogen) atoms. The molecule has 0 saturated carbocycles. The van der Waals surface area contributed by atoms with E-state index in [1.165, 1.54) is 31.4 Å². The van der Waals surface area contributed by atoms with Crippen LogP contribution in [-0.2, 0) is 19.1 Å². The number of halogens is 1. The highest BCUT2D eigenvalue weighted by Crippen LogP contribution is 2.12. The van der Waals surface area contributed by atoms with Gasteiger partial charge in [0.2, 0.25) is 11.8 Å². The molecule has 1 saturated heterocycles. The minimum Gasteiger partial charge on any atom is -0.469 e. The normalized spacial score (nSPS) is 18.2. The van der Waals surface area contributed by atoms with Crippen LogP contribution in [0.4, 0.5) is 10.1 Å². The average molecular weight is 323 g/mol. The molecule has 2 N–H and O–H groups in total. The van der Waals surface area contributed by atoms with Crippen LogP contribution in [0.3, 0.4) is 0 Å². The molecule has 0 unspecified atom stereocenters. The summed E-state index contributed by atoms with van der Waals surface area (Å²) < 4.78 is 17.4. The smallest absolute Gasteiger partial charge is 0.307 e. The largest absolute Gasteiger partial charge is 0.469 e. The molecule has 2 amide bonds. The Bertz CT molecular complexity index is 591. The molecule has 7 nitrogen and oxygen atoms in total. The summed E-state index contributed by atoms with van der Waals surface area (Å²) in [4.78, 5) is 37.0. The number of carbonyl (C=O) groups excluding carboxylic acids is 3. The van der Waals surface area contributed by atoms with Crippen LogP contribution in [0.1, 0.15) is 6.42 Å². The van der Waals surface area contributed by atoms with Crippen molar-refractivity contribution >= 4 is 23.5 Å². The molecule has 1 aliphatic heterocycles. The van der Waals surface area contributed by atoms with Crippen molar-refractivity contribution in [2.45, 2.75) is 12.5 Å². The number of nitrogens with one attached hydrogen (secondary N) is 2. The van der Waals surface area contributed by atoms with E-state index in [-0.39, 0.29) is 24.8 Å². The van der Waals surface area contributed by atoms with Crippen LogP contribution in [0.25, 0.3) is 0 Å². The number of benzene rings is 1. The van der Waals surface area contributed by atoms with Crippen molar-refractivity contribution in [3.8, 4) is 0 Å².